The van der Waals surface area contributed by atoms with Gasteiger partial charge in [0, 0.05) is 43.9 Å². The first kappa shape index (κ1) is 18.7. The van der Waals surface area contributed by atoms with Crippen LogP contribution in [0, 0.1) is 6.92 Å². The molecule has 2 amide bonds. The maximum absolute atomic E-state index is 13.0. The number of carbonyl (C=O) groups excluding carboxylic acids is 2. The zero-order valence-electron chi connectivity index (χ0n) is 16.2. The van der Waals surface area contributed by atoms with Gasteiger partial charge in [0.1, 0.15) is 0 Å². The lowest BCUT2D eigenvalue weighted by molar-refractivity contribution is -0.130. The standard InChI is InChI=1S/C21H26N4O3/c1-15-5-2-3-6-16(15)13-19(26)24-8-4-9-25(11-10-24)21(27)20-17-14-28-12-7-18(17)22-23-20/h2-3,5-6H,4,7-14H2,1H3,(H,22,23). The second kappa shape index (κ2) is 8.14. The Morgan fingerprint density at radius 2 is 1.93 bits per heavy atom. The molecule has 1 saturated heterocycles. The van der Waals surface area contributed by atoms with E-state index in [1.165, 1.54) is 0 Å². The van der Waals surface area contributed by atoms with Crippen LogP contribution in [0.1, 0.15) is 39.3 Å². The van der Waals surface area contributed by atoms with E-state index in [4.69, 9.17) is 4.74 Å². The average Bonchev–Trinajstić information content (AvgIpc) is 2.98. The monoisotopic (exact) mass is 382 g/mol. The van der Waals surface area contributed by atoms with Crippen LogP contribution in [0.5, 0.6) is 0 Å². The highest BCUT2D eigenvalue weighted by atomic mass is 16.5. The molecule has 0 atom stereocenters. The van der Waals surface area contributed by atoms with Crippen molar-refractivity contribution in [2.45, 2.75) is 32.8 Å². The van der Waals surface area contributed by atoms with E-state index in [0.29, 0.717) is 51.5 Å². The molecule has 7 nitrogen and oxygen atoms in total. The van der Waals surface area contributed by atoms with E-state index in [0.717, 1.165) is 35.2 Å². The number of benzene rings is 1. The van der Waals surface area contributed by atoms with Crippen molar-refractivity contribution in [2.24, 2.45) is 0 Å². The van der Waals surface area contributed by atoms with Gasteiger partial charge in [0.05, 0.1) is 19.6 Å². The quantitative estimate of drug-likeness (QED) is 0.877. The van der Waals surface area contributed by atoms with Gasteiger partial charge in [0.25, 0.3) is 5.91 Å². The van der Waals surface area contributed by atoms with E-state index < -0.39 is 0 Å². The van der Waals surface area contributed by atoms with E-state index in [2.05, 4.69) is 10.2 Å². The molecule has 4 rings (SSSR count). The maximum Gasteiger partial charge on any atom is 0.274 e. The van der Waals surface area contributed by atoms with E-state index >= 15 is 0 Å². The molecule has 0 radical (unpaired) electrons. The number of aromatic amines is 1. The lowest BCUT2D eigenvalue weighted by Gasteiger charge is -2.22. The second-order valence-corrected chi connectivity index (χ2v) is 7.46. The summed E-state index contributed by atoms with van der Waals surface area (Å²) in [4.78, 5) is 29.4. The Morgan fingerprint density at radius 1 is 1.14 bits per heavy atom. The van der Waals surface area contributed by atoms with Crippen molar-refractivity contribution in [3.05, 3.63) is 52.3 Å². The van der Waals surface area contributed by atoms with Gasteiger partial charge in [0.15, 0.2) is 5.69 Å². The number of rotatable bonds is 3. The Kier molecular flexibility index (Phi) is 5.43. The molecule has 2 aliphatic rings. The number of H-pyrrole nitrogens is 1. The minimum Gasteiger partial charge on any atom is -0.376 e. The van der Waals surface area contributed by atoms with Crippen molar-refractivity contribution in [3.8, 4) is 0 Å². The topological polar surface area (TPSA) is 78.5 Å². The number of hydrogen-bond acceptors (Lipinski definition) is 4. The van der Waals surface area contributed by atoms with Gasteiger partial charge in [0.2, 0.25) is 5.91 Å². The van der Waals surface area contributed by atoms with Gasteiger partial charge in [-0.15, -0.1) is 0 Å². The molecular formula is C21H26N4O3. The van der Waals surface area contributed by atoms with Crippen molar-refractivity contribution in [3.63, 3.8) is 0 Å². The van der Waals surface area contributed by atoms with E-state index in [9.17, 15) is 9.59 Å². The highest BCUT2D eigenvalue weighted by Crippen LogP contribution is 2.20. The Hall–Kier alpha value is -2.67. The molecule has 28 heavy (non-hydrogen) atoms. The average molecular weight is 382 g/mol. The smallest absolute Gasteiger partial charge is 0.274 e. The van der Waals surface area contributed by atoms with Crippen LogP contribution < -0.4 is 0 Å². The number of nitrogens with zero attached hydrogens (tertiary/aromatic N) is 3. The minimum atomic E-state index is -0.0730. The fourth-order valence-electron chi connectivity index (χ4n) is 3.89. The molecule has 148 valence electrons. The van der Waals surface area contributed by atoms with Crippen LogP contribution in [-0.2, 0) is 29.0 Å². The SMILES string of the molecule is Cc1ccccc1CC(=O)N1CCCN(C(=O)c2n[nH]c3c2COCC3)CC1. The first-order valence-corrected chi connectivity index (χ1v) is 9.89. The molecule has 1 N–H and O–H groups in total. The predicted molar refractivity (Wildman–Crippen MR) is 104 cm³/mol. The molecule has 2 aromatic rings. The lowest BCUT2D eigenvalue weighted by Crippen LogP contribution is -2.38. The van der Waals surface area contributed by atoms with Crippen molar-refractivity contribution < 1.29 is 14.3 Å². The molecule has 1 aromatic carbocycles. The van der Waals surface area contributed by atoms with E-state index in [1.54, 1.807) is 0 Å². The highest BCUT2D eigenvalue weighted by Gasteiger charge is 2.28. The largest absolute Gasteiger partial charge is 0.376 e. The van der Waals surface area contributed by atoms with E-state index in [1.807, 2.05) is 41.0 Å². The lowest BCUT2D eigenvalue weighted by atomic mass is 10.1. The molecule has 0 bridgehead atoms. The van der Waals surface area contributed by atoms with Crippen LogP contribution in [0.4, 0.5) is 0 Å². The Bertz CT molecular complexity index is 876. The number of aromatic nitrogens is 2. The highest BCUT2D eigenvalue weighted by molar-refractivity contribution is 5.94. The van der Waals surface area contributed by atoms with Gasteiger partial charge in [-0.2, -0.15) is 5.10 Å². The van der Waals surface area contributed by atoms with Gasteiger partial charge >= 0.3 is 0 Å². The summed E-state index contributed by atoms with van der Waals surface area (Å²) in [5.74, 6) is 0.0466. The molecule has 2 aliphatic heterocycles. The van der Waals surface area contributed by atoms with Gasteiger partial charge in [-0.1, -0.05) is 24.3 Å². The van der Waals surface area contributed by atoms with Crippen molar-refractivity contribution >= 4 is 11.8 Å². The number of ether oxygens (including phenoxy) is 1. The molecule has 0 saturated carbocycles. The zero-order valence-corrected chi connectivity index (χ0v) is 16.2. The van der Waals surface area contributed by atoms with Crippen LogP contribution in [-0.4, -0.2) is 64.6 Å². The van der Waals surface area contributed by atoms with Crippen LogP contribution in [0.15, 0.2) is 24.3 Å². The van der Waals surface area contributed by atoms with Gasteiger partial charge in [-0.3, -0.25) is 14.7 Å². The fourth-order valence-corrected chi connectivity index (χ4v) is 3.89. The number of amides is 2. The van der Waals surface area contributed by atoms with Gasteiger partial charge < -0.3 is 14.5 Å². The number of fused-ring (bicyclic) bond motifs is 1. The predicted octanol–water partition coefficient (Wildman–Crippen LogP) is 1.71. The number of hydrogen-bond donors (Lipinski definition) is 1. The van der Waals surface area contributed by atoms with Gasteiger partial charge in [-0.25, -0.2) is 0 Å². The molecule has 0 aliphatic carbocycles. The molecule has 0 spiro atoms. The number of carbonyl (C=O) groups is 2. The Balaban J connectivity index is 1.39. The van der Waals surface area contributed by atoms with Crippen LogP contribution in [0.25, 0.3) is 0 Å². The third-order valence-corrected chi connectivity index (χ3v) is 5.64. The Morgan fingerprint density at radius 3 is 2.79 bits per heavy atom. The molecule has 1 fully saturated rings. The molecule has 3 heterocycles. The first-order valence-electron chi connectivity index (χ1n) is 9.89. The first-order chi connectivity index (χ1) is 13.6. The third kappa shape index (κ3) is 3.80. The second-order valence-electron chi connectivity index (χ2n) is 7.46. The molecule has 1 aromatic heterocycles. The summed E-state index contributed by atoms with van der Waals surface area (Å²) in [5, 5.41) is 7.23. The number of nitrogens with one attached hydrogen (secondary N) is 1. The van der Waals surface area contributed by atoms with Crippen molar-refractivity contribution in [1.82, 2.24) is 20.0 Å². The van der Waals surface area contributed by atoms with Crippen LogP contribution in [0.3, 0.4) is 0 Å². The maximum atomic E-state index is 13.0. The summed E-state index contributed by atoms with van der Waals surface area (Å²) >= 11 is 0. The summed E-state index contributed by atoms with van der Waals surface area (Å²) < 4.78 is 5.49. The molecular weight excluding hydrogens is 356 g/mol. The van der Waals surface area contributed by atoms with Gasteiger partial charge in [-0.05, 0) is 24.5 Å². The summed E-state index contributed by atoms with van der Waals surface area (Å²) in [6.07, 6.45) is 1.94. The van der Waals surface area contributed by atoms with E-state index in [-0.39, 0.29) is 11.8 Å². The molecule has 7 heteroatoms. The normalized spacial score (nSPS) is 17.2. The summed E-state index contributed by atoms with van der Waals surface area (Å²) in [6, 6.07) is 7.98. The zero-order chi connectivity index (χ0) is 19.5. The summed E-state index contributed by atoms with van der Waals surface area (Å²) in [5.41, 5.74) is 4.54. The summed E-state index contributed by atoms with van der Waals surface area (Å²) in [7, 11) is 0. The van der Waals surface area contributed by atoms with Crippen LogP contribution >= 0.6 is 0 Å². The van der Waals surface area contributed by atoms with Crippen molar-refractivity contribution in [1.29, 1.82) is 0 Å². The third-order valence-electron chi connectivity index (χ3n) is 5.64. The Labute approximate surface area is 164 Å². The number of aryl methyl sites for hydroxylation is 1. The fraction of sp³-hybridized carbons (Fsp3) is 0.476. The van der Waals surface area contributed by atoms with Crippen molar-refractivity contribution in [2.75, 3.05) is 32.8 Å². The summed E-state index contributed by atoms with van der Waals surface area (Å²) in [6.45, 7) is 5.51. The molecule has 0 unspecified atom stereocenters. The minimum absolute atomic E-state index is 0.0730. The van der Waals surface area contributed by atoms with Crippen LogP contribution in [0.2, 0.25) is 0 Å².